The van der Waals surface area contributed by atoms with Gasteiger partial charge in [0, 0.05) is 34.5 Å². The van der Waals surface area contributed by atoms with Crippen LogP contribution < -0.4 is 0 Å². The number of nitro benzene ring substituents is 1. The van der Waals surface area contributed by atoms with E-state index in [1.54, 1.807) is 12.1 Å². The van der Waals surface area contributed by atoms with Gasteiger partial charge in [-0.2, -0.15) is 0 Å². The maximum Gasteiger partial charge on any atom is 0.269 e. The standard InChI is InChI=1S/C16H14N2O3/c1-11-15(10-19)14-4-2-3-5-16(14)17(11)12-6-8-13(9-7-12)18(20)21/h2-9,19H,10H2,1H3. The van der Waals surface area contributed by atoms with Crippen molar-refractivity contribution >= 4 is 16.6 Å². The number of non-ortho nitro benzene ring substituents is 1. The number of hydrogen-bond donors (Lipinski definition) is 1. The molecule has 3 aromatic rings. The van der Waals surface area contributed by atoms with E-state index < -0.39 is 4.92 Å². The maximum atomic E-state index is 10.7. The molecule has 21 heavy (non-hydrogen) atoms. The van der Waals surface area contributed by atoms with Gasteiger partial charge >= 0.3 is 0 Å². The molecule has 0 fully saturated rings. The molecular weight excluding hydrogens is 268 g/mol. The van der Waals surface area contributed by atoms with Crippen molar-refractivity contribution in [3.05, 3.63) is 69.9 Å². The molecule has 5 nitrogen and oxygen atoms in total. The first-order valence-electron chi connectivity index (χ1n) is 6.58. The third kappa shape index (κ3) is 2.08. The van der Waals surface area contributed by atoms with Gasteiger partial charge in [-0.05, 0) is 25.1 Å². The third-order valence-electron chi connectivity index (χ3n) is 3.72. The summed E-state index contributed by atoms with van der Waals surface area (Å²) in [5.41, 5.74) is 3.70. The second kappa shape index (κ2) is 5.03. The highest BCUT2D eigenvalue weighted by Gasteiger charge is 2.14. The fourth-order valence-corrected chi connectivity index (χ4v) is 2.69. The third-order valence-corrected chi connectivity index (χ3v) is 3.72. The second-order valence-electron chi connectivity index (χ2n) is 4.85. The lowest BCUT2D eigenvalue weighted by molar-refractivity contribution is -0.384. The van der Waals surface area contributed by atoms with E-state index in [0.717, 1.165) is 27.8 Å². The summed E-state index contributed by atoms with van der Waals surface area (Å²) >= 11 is 0. The fourth-order valence-electron chi connectivity index (χ4n) is 2.69. The molecule has 0 saturated heterocycles. The van der Waals surface area contributed by atoms with Crippen molar-refractivity contribution in [2.45, 2.75) is 13.5 Å². The van der Waals surface area contributed by atoms with Crippen molar-refractivity contribution in [1.82, 2.24) is 4.57 Å². The van der Waals surface area contributed by atoms with E-state index in [4.69, 9.17) is 0 Å². The number of fused-ring (bicyclic) bond motifs is 1. The van der Waals surface area contributed by atoms with Crippen LogP contribution in [0.3, 0.4) is 0 Å². The van der Waals surface area contributed by atoms with Crippen LogP contribution in [0.2, 0.25) is 0 Å². The van der Waals surface area contributed by atoms with Gasteiger partial charge in [-0.15, -0.1) is 0 Å². The molecule has 0 atom stereocenters. The predicted octanol–water partition coefficient (Wildman–Crippen LogP) is 3.34. The Labute approximate surface area is 121 Å². The minimum atomic E-state index is -0.413. The Morgan fingerprint density at radius 2 is 1.81 bits per heavy atom. The molecule has 2 aromatic carbocycles. The van der Waals surface area contributed by atoms with Crippen molar-refractivity contribution in [3.8, 4) is 5.69 Å². The summed E-state index contributed by atoms with van der Waals surface area (Å²) in [4.78, 5) is 10.3. The van der Waals surface area contributed by atoms with Crippen LogP contribution in [0, 0.1) is 17.0 Å². The summed E-state index contributed by atoms with van der Waals surface area (Å²) in [5, 5.41) is 21.3. The van der Waals surface area contributed by atoms with E-state index >= 15 is 0 Å². The number of para-hydroxylation sites is 1. The number of hydrogen-bond acceptors (Lipinski definition) is 3. The average molecular weight is 282 g/mol. The second-order valence-corrected chi connectivity index (χ2v) is 4.85. The Morgan fingerprint density at radius 3 is 2.43 bits per heavy atom. The lowest BCUT2D eigenvalue weighted by Crippen LogP contribution is -1.98. The SMILES string of the molecule is Cc1c(CO)c2ccccc2n1-c1ccc([N+](=O)[O-])cc1. The van der Waals surface area contributed by atoms with Crippen LogP contribution in [-0.4, -0.2) is 14.6 Å². The molecule has 1 N–H and O–H groups in total. The molecule has 0 spiro atoms. The molecule has 0 amide bonds. The molecule has 1 heterocycles. The number of aliphatic hydroxyl groups excluding tert-OH is 1. The van der Waals surface area contributed by atoms with E-state index in [9.17, 15) is 15.2 Å². The molecule has 5 heteroatoms. The summed E-state index contributed by atoms with van der Waals surface area (Å²) in [6.07, 6.45) is 0. The highest BCUT2D eigenvalue weighted by Crippen LogP contribution is 2.29. The summed E-state index contributed by atoms with van der Waals surface area (Å²) in [7, 11) is 0. The van der Waals surface area contributed by atoms with Gasteiger partial charge in [-0.25, -0.2) is 0 Å². The molecule has 0 aliphatic rings. The number of nitro groups is 1. The van der Waals surface area contributed by atoms with Crippen molar-refractivity contribution in [1.29, 1.82) is 0 Å². The monoisotopic (exact) mass is 282 g/mol. The summed E-state index contributed by atoms with van der Waals surface area (Å²) in [6, 6.07) is 14.2. The number of benzene rings is 2. The Balaban J connectivity index is 2.24. The first-order valence-corrected chi connectivity index (χ1v) is 6.58. The molecule has 1 aromatic heterocycles. The lowest BCUT2D eigenvalue weighted by atomic mass is 10.1. The Morgan fingerprint density at radius 1 is 1.14 bits per heavy atom. The van der Waals surface area contributed by atoms with E-state index in [1.807, 2.05) is 35.8 Å². The van der Waals surface area contributed by atoms with Gasteiger partial charge in [0.1, 0.15) is 0 Å². The maximum absolute atomic E-state index is 10.7. The van der Waals surface area contributed by atoms with Crippen LogP contribution in [0.1, 0.15) is 11.3 Å². The van der Waals surface area contributed by atoms with Gasteiger partial charge in [0.15, 0.2) is 0 Å². The van der Waals surface area contributed by atoms with Gasteiger partial charge in [-0.1, -0.05) is 18.2 Å². The first kappa shape index (κ1) is 13.3. The van der Waals surface area contributed by atoms with Crippen molar-refractivity contribution in [2.75, 3.05) is 0 Å². The summed E-state index contributed by atoms with van der Waals surface area (Å²) < 4.78 is 2.00. The van der Waals surface area contributed by atoms with Crippen molar-refractivity contribution in [2.24, 2.45) is 0 Å². The first-order chi connectivity index (χ1) is 10.1. The van der Waals surface area contributed by atoms with Crippen LogP contribution >= 0.6 is 0 Å². The van der Waals surface area contributed by atoms with Gasteiger partial charge in [0.2, 0.25) is 0 Å². The van der Waals surface area contributed by atoms with Crippen LogP contribution in [0.25, 0.3) is 16.6 Å². The molecule has 3 rings (SSSR count). The molecule has 0 radical (unpaired) electrons. The normalized spacial score (nSPS) is 11.0. The Hall–Kier alpha value is -2.66. The van der Waals surface area contributed by atoms with Gasteiger partial charge in [0.05, 0.1) is 17.0 Å². The zero-order valence-corrected chi connectivity index (χ0v) is 11.5. The van der Waals surface area contributed by atoms with Crippen LogP contribution in [0.4, 0.5) is 5.69 Å². The number of rotatable bonds is 3. The fraction of sp³-hybridized carbons (Fsp3) is 0.125. The van der Waals surface area contributed by atoms with Crippen molar-refractivity contribution in [3.63, 3.8) is 0 Å². The smallest absolute Gasteiger partial charge is 0.269 e. The number of aliphatic hydroxyl groups is 1. The molecular formula is C16H14N2O3. The van der Waals surface area contributed by atoms with E-state index in [0.29, 0.717) is 0 Å². The van der Waals surface area contributed by atoms with E-state index in [-0.39, 0.29) is 12.3 Å². The summed E-state index contributed by atoms with van der Waals surface area (Å²) in [5.74, 6) is 0. The molecule has 0 bridgehead atoms. The topological polar surface area (TPSA) is 68.3 Å². The predicted molar refractivity (Wildman–Crippen MR) is 80.6 cm³/mol. The zero-order chi connectivity index (χ0) is 15.0. The highest BCUT2D eigenvalue weighted by atomic mass is 16.6. The molecule has 0 aliphatic carbocycles. The average Bonchev–Trinajstić information content (AvgIpc) is 2.78. The van der Waals surface area contributed by atoms with Crippen LogP contribution in [0.15, 0.2) is 48.5 Å². The molecule has 106 valence electrons. The Bertz CT molecular complexity index is 819. The minimum Gasteiger partial charge on any atom is -0.392 e. The van der Waals surface area contributed by atoms with Gasteiger partial charge in [-0.3, -0.25) is 10.1 Å². The van der Waals surface area contributed by atoms with Gasteiger partial charge < -0.3 is 9.67 Å². The molecule has 0 unspecified atom stereocenters. The van der Waals surface area contributed by atoms with E-state index in [2.05, 4.69) is 0 Å². The Kier molecular flexibility index (Phi) is 3.19. The van der Waals surface area contributed by atoms with Crippen LogP contribution in [0.5, 0.6) is 0 Å². The summed E-state index contributed by atoms with van der Waals surface area (Å²) in [6.45, 7) is 1.90. The zero-order valence-electron chi connectivity index (χ0n) is 11.5. The molecule has 0 saturated carbocycles. The highest BCUT2D eigenvalue weighted by molar-refractivity contribution is 5.87. The lowest BCUT2D eigenvalue weighted by Gasteiger charge is -2.08. The van der Waals surface area contributed by atoms with E-state index in [1.165, 1.54) is 12.1 Å². The molecule has 0 aliphatic heterocycles. The van der Waals surface area contributed by atoms with Crippen molar-refractivity contribution < 1.29 is 10.0 Å². The quantitative estimate of drug-likeness (QED) is 0.591. The van der Waals surface area contributed by atoms with Crippen LogP contribution in [-0.2, 0) is 6.61 Å². The largest absolute Gasteiger partial charge is 0.392 e. The van der Waals surface area contributed by atoms with Gasteiger partial charge in [0.25, 0.3) is 5.69 Å². The number of nitrogens with zero attached hydrogens (tertiary/aromatic N) is 2. The minimum absolute atomic E-state index is 0.0354. The number of aromatic nitrogens is 1.